The summed E-state index contributed by atoms with van der Waals surface area (Å²) in [6.07, 6.45) is 6.42. The first kappa shape index (κ1) is 22.8. The molecule has 0 N–H and O–H groups in total. The summed E-state index contributed by atoms with van der Waals surface area (Å²) < 4.78 is 46.4. The fourth-order valence-electron chi connectivity index (χ4n) is 2.48. The Morgan fingerprint density at radius 2 is 1.81 bits per heavy atom. The van der Waals surface area contributed by atoms with Crippen LogP contribution in [-0.4, -0.2) is 6.61 Å². The van der Waals surface area contributed by atoms with E-state index in [9.17, 15) is 13.2 Å². The highest BCUT2D eigenvalue weighted by molar-refractivity contribution is 5.51. The maximum atomic E-state index is 13.9. The molecule has 4 heteroatoms. The predicted molar refractivity (Wildman–Crippen MR) is 107 cm³/mol. The average molecular weight is 378 g/mol. The highest BCUT2D eigenvalue weighted by Gasteiger charge is 2.11. The zero-order chi connectivity index (χ0) is 20.6. The summed E-state index contributed by atoms with van der Waals surface area (Å²) in [6.45, 7) is 15.1. The van der Waals surface area contributed by atoms with Crippen molar-refractivity contribution in [2.45, 2.75) is 40.5 Å². The second-order valence-corrected chi connectivity index (χ2v) is 6.84. The van der Waals surface area contributed by atoms with E-state index in [2.05, 4.69) is 13.2 Å². The highest BCUT2D eigenvalue weighted by Crippen LogP contribution is 2.24. The lowest BCUT2D eigenvalue weighted by Gasteiger charge is -2.14. The van der Waals surface area contributed by atoms with E-state index in [1.54, 1.807) is 25.1 Å². The number of halogens is 3. The van der Waals surface area contributed by atoms with Gasteiger partial charge in [-0.15, -0.1) is 0 Å². The van der Waals surface area contributed by atoms with Gasteiger partial charge >= 0.3 is 0 Å². The van der Waals surface area contributed by atoms with E-state index in [0.29, 0.717) is 12.2 Å². The van der Waals surface area contributed by atoms with Crippen LogP contribution in [-0.2, 0) is 4.74 Å². The third-order valence-electron chi connectivity index (χ3n) is 4.49. The van der Waals surface area contributed by atoms with E-state index in [4.69, 9.17) is 4.74 Å². The quantitative estimate of drug-likeness (QED) is 0.307. The minimum atomic E-state index is -0.824. The van der Waals surface area contributed by atoms with E-state index >= 15 is 0 Å². The van der Waals surface area contributed by atoms with Crippen molar-refractivity contribution in [1.82, 2.24) is 0 Å². The molecule has 0 aliphatic heterocycles. The predicted octanol–water partition coefficient (Wildman–Crippen LogP) is 7.30. The number of benzene rings is 1. The Kier molecular flexibility index (Phi) is 9.13. The molecule has 2 atom stereocenters. The minimum Gasteiger partial charge on any atom is -0.491 e. The van der Waals surface area contributed by atoms with Gasteiger partial charge < -0.3 is 4.74 Å². The maximum Gasteiger partial charge on any atom is 0.166 e. The van der Waals surface area contributed by atoms with Gasteiger partial charge in [0.25, 0.3) is 0 Å². The Morgan fingerprint density at radius 3 is 2.44 bits per heavy atom. The molecule has 2 unspecified atom stereocenters. The number of rotatable bonds is 10. The standard InChI is InChI=1S/C23H29F3O/c1-7-27-19(6)21(24)14-18(5)16(3)10-8-15(2)9-12-20-13-11-17(4)22(25)23(20)26/h9,11-16H,5-8,10H2,1-4H3/b12-9+,21-14+. The topological polar surface area (TPSA) is 9.23 Å². The monoisotopic (exact) mass is 378 g/mol. The molecule has 0 amide bonds. The van der Waals surface area contributed by atoms with Gasteiger partial charge in [-0.25, -0.2) is 13.2 Å². The van der Waals surface area contributed by atoms with Gasteiger partial charge in [0.1, 0.15) is 5.76 Å². The molecule has 0 heterocycles. The zero-order valence-corrected chi connectivity index (χ0v) is 16.6. The van der Waals surface area contributed by atoms with Crippen LogP contribution in [0, 0.1) is 30.4 Å². The van der Waals surface area contributed by atoms with E-state index in [0.717, 1.165) is 12.8 Å². The van der Waals surface area contributed by atoms with Crippen LogP contribution in [0.3, 0.4) is 0 Å². The second-order valence-electron chi connectivity index (χ2n) is 6.84. The Morgan fingerprint density at radius 1 is 1.15 bits per heavy atom. The second kappa shape index (κ2) is 10.8. The van der Waals surface area contributed by atoms with Gasteiger partial charge in [-0.2, -0.15) is 0 Å². The first-order valence-corrected chi connectivity index (χ1v) is 9.18. The van der Waals surface area contributed by atoms with Gasteiger partial charge in [0.2, 0.25) is 0 Å². The summed E-state index contributed by atoms with van der Waals surface area (Å²) in [4.78, 5) is 0. The molecule has 1 nitrogen and oxygen atoms in total. The lowest BCUT2D eigenvalue weighted by molar-refractivity contribution is 0.226. The van der Waals surface area contributed by atoms with Gasteiger partial charge in [-0.05, 0) is 55.7 Å². The normalized spacial score (nSPS) is 14.3. The lowest BCUT2D eigenvalue weighted by Crippen LogP contribution is -2.01. The Hall–Kier alpha value is -2.23. The molecule has 0 saturated carbocycles. The first-order valence-electron chi connectivity index (χ1n) is 9.18. The molecule has 0 aromatic heterocycles. The summed E-state index contributed by atoms with van der Waals surface area (Å²) in [5.74, 6) is -1.90. The summed E-state index contributed by atoms with van der Waals surface area (Å²) in [7, 11) is 0. The Bertz CT molecular complexity index is 731. The van der Waals surface area contributed by atoms with E-state index in [-0.39, 0.29) is 28.7 Å². The van der Waals surface area contributed by atoms with E-state index in [1.165, 1.54) is 13.0 Å². The van der Waals surface area contributed by atoms with Crippen molar-refractivity contribution in [3.05, 3.63) is 77.4 Å². The molecule has 148 valence electrons. The molecule has 0 radical (unpaired) electrons. The number of aryl methyl sites for hydroxylation is 1. The van der Waals surface area contributed by atoms with Gasteiger partial charge in [0, 0.05) is 5.56 Å². The van der Waals surface area contributed by atoms with Crippen molar-refractivity contribution < 1.29 is 17.9 Å². The van der Waals surface area contributed by atoms with Crippen molar-refractivity contribution in [2.24, 2.45) is 11.8 Å². The first-order chi connectivity index (χ1) is 12.7. The fourth-order valence-corrected chi connectivity index (χ4v) is 2.48. The molecule has 1 rings (SSSR count). The zero-order valence-electron chi connectivity index (χ0n) is 16.6. The molecule has 1 aromatic rings. The summed E-state index contributed by atoms with van der Waals surface area (Å²) >= 11 is 0. The molecule has 0 saturated heterocycles. The van der Waals surface area contributed by atoms with Crippen molar-refractivity contribution in [2.75, 3.05) is 6.61 Å². The largest absolute Gasteiger partial charge is 0.491 e. The lowest BCUT2D eigenvalue weighted by atomic mass is 9.92. The smallest absolute Gasteiger partial charge is 0.166 e. The average Bonchev–Trinajstić information content (AvgIpc) is 2.63. The Labute approximate surface area is 160 Å². The van der Waals surface area contributed by atoms with Crippen LogP contribution in [0.4, 0.5) is 13.2 Å². The molecule has 0 aliphatic carbocycles. The van der Waals surface area contributed by atoms with Crippen molar-refractivity contribution in [3.63, 3.8) is 0 Å². The number of ether oxygens (including phenoxy) is 1. The molecule has 0 aliphatic rings. The van der Waals surface area contributed by atoms with Gasteiger partial charge in [0.15, 0.2) is 17.5 Å². The van der Waals surface area contributed by atoms with Crippen molar-refractivity contribution >= 4 is 6.08 Å². The summed E-state index contributed by atoms with van der Waals surface area (Å²) in [5, 5.41) is 0. The van der Waals surface area contributed by atoms with Crippen molar-refractivity contribution in [1.29, 1.82) is 0 Å². The summed E-state index contributed by atoms with van der Waals surface area (Å²) in [6, 6.07) is 3.13. The van der Waals surface area contributed by atoms with E-state index < -0.39 is 17.5 Å². The fraction of sp³-hybridized carbons (Fsp3) is 0.391. The van der Waals surface area contributed by atoms with Crippen LogP contribution < -0.4 is 0 Å². The highest BCUT2D eigenvalue weighted by atomic mass is 19.2. The van der Waals surface area contributed by atoms with Crippen LogP contribution in [0.5, 0.6) is 0 Å². The molecular weight excluding hydrogens is 349 g/mol. The number of hydrogen-bond donors (Lipinski definition) is 0. The third kappa shape index (κ3) is 7.12. The van der Waals surface area contributed by atoms with Crippen LogP contribution in [0.15, 0.2) is 54.6 Å². The van der Waals surface area contributed by atoms with Crippen LogP contribution in [0.1, 0.15) is 44.7 Å². The molecule has 0 spiro atoms. The van der Waals surface area contributed by atoms with E-state index in [1.807, 2.05) is 19.9 Å². The summed E-state index contributed by atoms with van der Waals surface area (Å²) in [5.41, 5.74) is 1.19. The Balaban J connectivity index is 2.60. The SMILES string of the molecule is C=C(OCC)/C(F)=C\C(=C)C(C)CCC(C)/C=C/c1ccc(C)c(F)c1F. The minimum absolute atomic E-state index is 0.00880. The molecular formula is C23H29F3O. The van der Waals surface area contributed by atoms with Crippen LogP contribution in [0.2, 0.25) is 0 Å². The van der Waals surface area contributed by atoms with Crippen LogP contribution in [0.25, 0.3) is 6.08 Å². The van der Waals surface area contributed by atoms with Crippen LogP contribution >= 0.6 is 0 Å². The molecule has 0 bridgehead atoms. The molecule has 0 fully saturated rings. The van der Waals surface area contributed by atoms with Gasteiger partial charge in [-0.3, -0.25) is 0 Å². The number of hydrogen-bond acceptors (Lipinski definition) is 1. The van der Waals surface area contributed by atoms with Gasteiger partial charge in [-0.1, -0.05) is 51.3 Å². The van der Waals surface area contributed by atoms with Crippen molar-refractivity contribution in [3.8, 4) is 0 Å². The molecule has 27 heavy (non-hydrogen) atoms. The molecule has 1 aromatic carbocycles. The number of allylic oxidation sites excluding steroid dienone is 4. The maximum absolute atomic E-state index is 13.9. The van der Waals surface area contributed by atoms with Gasteiger partial charge in [0.05, 0.1) is 6.61 Å². The third-order valence-corrected chi connectivity index (χ3v) is 4.49.